The van der Waals surface area contributed by atoms with Gasteiger partial charge in [-0.2, -0.15) is 4.36 Å². The first-order chi connectivity index (χ1) is 14.9. The predicted molar refractivity (Wildman–Crippen MR) is 115 cm³/mol. The number of carbonyl (C=O) groups is 1. The van der Waals surface area contributed by atoms with Crippen molar-refractivity contribution in [3.8, 4) is 11.5 Å². The van der Waals surface area contributed by atoms with Crippen molar-refractivity contribution in [1.82, 2.24) is 9.97 Å². The molecule has 2 heterocycles. The topological polar surface area (TPSA) is 129 Å². The maximum Gasteiger partial charge on any atom is 0.255 e. The summed E-state index contributed by atoms with van der Waals surface area (Å²) in [5.74, 6) is 0.848. The Morgan fingerprint density at radius 2 is 2.06 bits per heavy atom. The normalized spacial score (nSPS) is 14.5. The van der Waals surface area contributed by atoms with E-state index in [1.54, 1.807) is 12.1 Å². The molecule has 1 fully saturated rings. The lowest BCUT2D eigenvalue weighted by molar-refractivity contribution is -0.119. The summed E-state index contributed by atoms with van der Waals surface area (Å²) in [5, 5.41) is 3.62. The highest BCUT2D eigenvalue weighted by Gasteiger charge is 2.20. The number of nitrogens with zero attached hydrogens (tertiary/aromatic N) is 3. The monoisotopic (exact) mass is 445 g/mol. The number of nitrogens with two attached hydrogens (primary N) is 1. The van der Waals surface area contributed by atoms with Crippen molar-refractivity contribution in [1.29, 1.82) is 0 Å². The minimum Gasteiger partial charge on any atom is -0.496 e. The van der Waals surface area contributed by atoms with E-state index in [2.05, 4.69) is 19.6 Å². The van der Waals surface area contributed by atoms with Gasteiger partial charge in [-0.25, -0.2) is 18.6 Å². The predicted octanol–water partition coefficient (Wildman–Crippen LogP) is 2.89. The first kappa shape index (κ1) is 20.8. The number of rotatable bonds is 7. The molecule has 1 aliphatic rings. The van der Waals surface area contributed by atoms with Crippen LogP contribution in [-0.2, 0) is 14.5 Å². The Morgan fingerprint density at radius 1 is 1.26 bits per heavy atom. The number of nitrogens with one attached hydrogen (secondary N) is 1. The molecule has 0 saturated carbocycles. The third-order valence-electron chi connectivity index (χ3n) is 4.67. The smallest absolute Gasteiger partial charge is 0.255 e. The van der Waals surface area contributed by atoms with Gasteiger partial charge < -0.3 is 20.5 Å². The van der Waals surface area contributed by atoms with Gasteiger partial charge in [0.1, 0.15) is 29.5 Å². The number of carbonyl (C=O) groups excluding carboxylic acids is 1. The number of amides is 1. The molecule has 0 atom stereocenters. The van der Waals surface area contributed by atoms with E-state index in [9.17, 15) is 13.4 Å². The molecule has 162 valence electrons. The summed E-state index contributed by atoms with van der Waals surface area (Å²) in [5.41, 5.74) is 6.54. The van der Waals surface area contributed by atoms with Crippen LogP contribution >= 0.6 is 0 Å². The van der Waals surface area contributed by atoms with E-state index in [-0.39, 0.29) is 5.75 Å². The minimum absolute atomic E-state index is 0.0954. The van der Waals surface area contributed by atoms with E-state index in [0.717, 1.165) is 12.5 Å². The van der Waals surface area contributed by atoms with Crippen molar-refractivity contribution in [2.45, 2.75) is 6.42 Å². The number of ether oxygens (including phenoxy) is 2. The second-order valence-corrected chi connectivity index (χ2v) is 9.45. The molecule has 11 heteroatoms. The van der Waals surface area contributed by atoms with Crippen LogP contribution in [0.2, 0.25) is 0 Å². The second-order valence-electron chi connectivity index (χ2n) is 6.91. The van der Waals surface area contributed by atoms with Gasteiger partial charge in [0.25, 0.3) is 5.91 Å². The van der Waals surface area contributed by atoms with E-state index < -0.39 is 28.1 Å². The molecule has 0 aliphatic carbocycles. The quantitative estimate of drug-likeness (QED) is 0.572. The van der Waals surface area contributed by atoms with Gasteiger partial charge in [0, 0.05) is 23.6 Å². The third-order valence-corrected chi connectivity index (χ3v) is 7.07. The van der Waals surface area contributed by atoms with Gasteiger partial charge in [0.2, 0.25) is 0 Å². The molecule has 0 bridgehead atoms. The molecular weight excluding hydrogens is 425 g/mol. The Kier molecular flexibility index (Phi) is 5.59. The van der Waals surface area contributed by atoms with Crippen LogP contribution in [0.25, 0.3) is 10.9 Å². The zero-order valence-corrected chi connectivity index (χ0v) is 17.4. The van der Waals surface area contributed by atoms with E-state index in [0.29, 0.717) is 45.4 Å². The highest BCUT2D eigenvalue weighted by molar-refractivity contribution is 7.95. The zero-order chi connectivity index (χ0) is 22.0. The summed E-state index contributed by atoms with van der Waals surface area (Å²) in [6.07, 6.45) is 2.26. The molecule has 3 N–H and O–H groups in total. The molecule has 0 spiro atoms. The molecule has 1 amide bonds. The molecule has 2 aromatic carbocycles. The van der Waals surface area contributed by atoms with Crippen LogP contribution < -0.4 is 20.5 Å². The fourth-order valence-corrected chi connectivity index (χ4v) is 4.57. The number of methoxy groups -OCH3 is 1. The van der Waals surface area contributed by atoms with Gasteiger partial charge in [-0.05, 0) is 24.6 Å². The van der Waals surface area contributed by atoms with Crippen LogP contribution in [0.4, 0.5) is 21.6 Å². The Labute approximate surface area is 178 Å². The standard InChI is InChI=1S/C20H20FN5O4S/c1-29-17-9-13(26-31(28)5-2-6-31)8-15-19(17)20(24-11-23-15)25-14-4-3-12(21)7-16(14)30-10-18(22)27/h3-4,7-9,11H,2,5-6,10H2,1H3,(H2,22,27)(H,23,24,25). The summed E-state index contributed by atoms with van der Waals surface area (Å²) in [6.45, 7) is -0.407. The van der Waals surface area contributed by atoms with Crippen LogP contribution in [0.15, 0.2) is 41.0 Å². The maximum atomic E-state index is 13.7. The van der Waals surface area contributed by atoms with Crippen molar-refractivity contribution in [2.24, 2.45) is 10.1 Å². The number of benzene rings is 2. The molecule has 1 saturated heterocycles. The molecule has 1 aliphatic heterocycles. The molecular formula is C20H20FN5O4S. The van der Waals surface area contributed by atoms with Crippen molar-refractivity contribution in [3.05, 3.63) is 42.5 Å². The minimum atomic E-state index is -2.20. The number of primary amides is 1. The number of aromatic nitrogens is 2. The number of fused-ring (bicyclic) bond motifs is 1. The average molecular weight is 445 g/mol. The second kappa shape index (κ2) is 8.34. The fraction of sp³-hybridized carbons (Fsp3) is 0.250. The van der Waals surface area contributed by atoms with E-state index in [4.69, 9.17) is 15.2 Å². The van der Waals surface area contributed by atoms with Gasteiger partial charge in [-0.1, -0.05) is 0 Å². The number of halogens is 1. The van der Waals surface area contributed by atoms with Crippen LogP contribution in [0, 0.1) is 5.82 Å². The van der Waals surface area contributed by atoms with Crippen LogP contribution in [0.1, 0.15) is 6.42 Å². The van der Waals surface area contributed by atoms with Gasteiger partial charge in [0.05, 0.1) is 39.1 Å². The molecule has 1 aromatic heterocycles. The summed E-state index contributed by atoms with van der Waals surface area (Å²) < 4.78 is 41.4. The Bertz CT molecular complexity index is 1280. The van der Waals surface area contributed by atoms with Crippen molar-refractivity contribution < 1.29 is 22.9 Å². The van der Waals surface area contributed by atoms with Gasteiger partial charge in [-0.15, -0.1) is 0 Å². The third kappa shape index (κ3) is 4.50. The zero-order valence-electron chi connectivity index (χ0n) is 16.6. The van der Waals surface area contributed by atoms with Gasteiger partial charge >= 0.3 is 0 Å². The Morgan fingerprint density at radius 3 is 2.74 bits per heavy atom. The Balaban J connectivity index is 1.76. The summed E-state index contributed by atoms with van der Waals surface area (Å²) in [7, 11) is -0.699. The van der Waals surface area contributed by atoms with Crippen molar-refractivity contribution in [2.75, 3.05) is 30.5 Å². The highest BCUT2D eigenvalue weighted by Crippen LogP contribution is 2.37. The molecule has 0 unspecified atom stereocenters. The molecule has 9 nitrogen and oxygen atoms in total. The molecule has 0 radical (unpaired) electrons. The SMILES string of the molecule is COc1cc(N=S2(=O)CCC2)cc2ncnc(Nc3ccc(F)cc3OCC(N)=O)c12. The lowest BCUT2D eigenvalue weighted by atomic mass is 10.2. The van der Waals surface area contributed by atoms with Crippen LogP contribution in [0.3, 0.4) is 0 Å². The fourth-order valence-electron chi connectivity index (χ4n) is 3.12. The van der Waals surface area contributed by atoms with E-state index in [1.807, 2.05) is 0 Å². The summed E-state index contributed by atoms with van der Waals surface area (Å²) in [4.78, 5) is 19.6. The van der Waals surface area contributed by atoms with Gasteiger partial charge in [0.15, 0.2) is 6.61 Å². The lowest BCUT2D eigenvalue weighted by Gasteiger charge is -2.18. The van der Waals surface area contributed by atoms with Crippen molar-refractivity contribution >= 4 is 43.7 Å². The number of hydrogen-bond donors (Lipinski definition) is 2. The summed E-state index contributed by atoms with van der Waals surface area (Å²) in [6, 6.07) is 7.23. The van der Waals surface area contributed by atoms with Crippen LogP contribution in [-0.4, -0.2) is 45.3 Å². The summed E-state index contributed by atoms with van der Waals surface area (Å²) >= 11 is 0. The maximum absolute atomic E-state index is 13.7. The average Bonchev–Trinajstić information content (AvgIpc) is 2.72. The largest absolute Gasteiger partial charge is 0.496 e. The highest BCUT2D eigenvalue weighted by atomic mass is 32.2. The van der Waals surface area contributed by atoms with E-state index >= 15 is 0 Å². The molecule has 3 aromatic rings. The first-order valence-electron chi connectivity index (χ1n) is 9.40. The van der Waals surface area contributed by atoms with Gasteiger partial charge in [-0.3, -0.25) is 4.79 Å². The van der Waals surface area contributed by atoms with Crippen LogP contribution in [0.5, 0.6) is 11.5 Å². The Hall–Kier alpha value is -3.47. The van der Waals surface area contributed by atoms with Crippen molar-refractivity contribution in [3.63, 3.8) is 0 Å². The number of hydrogen-bond acceptors (Lipinski definition) is 8. The first-order valence-corrected chi connectivity index (χ1v) is 11.3. The lowest BCUT2D eigenvalue weighted by Crippen LogP contribution is -2.22. The molecule has 4 rings (SSSR count). The number of anilines is 2. The molecule has 31 heavy (non-hydrogen) atoms. The van der Waals surface area contributed by atoms with E-state index in [1.165, 1.54) is 25.6 Å².